The van der Waals surface area contributed by atoms with Crippen molar-refractivity contribution in [2.45, 2.75) is 20.3 Å². The lowest BCUT2D eigenvalue weighted by Gasteiger charge is -2.09. The fourth-order valence-electron chi connectivity index (χ4n) is 1.82. The van der Waals surface area contributed by atoms with Crippen LogP contribution in [-0.4, -0.2) is 38.0 Å². The topological polar surface area (TPSA) is 53.6 Å². The Labute approximate surface area is 133 Å². The lowest BCUT2D eigenvalue weighted by atomic mass is 10.1. The van der Waals surface area contributed by atoms with Crippen LogP contribution in [0, 0.1) is 13.8 Å². The molecule has 5 heteroatoms. The monoisotopic (exact) mass is 376 g/mol. The molecule has 0 bridgehead atoms. The van der Waals surface area contributed by atoms with Gasteiger partial charge in [0, 0.05) is 12.2 Å². The van der Waals surface area contributed by atoms with Crippen molar-refractivity contribution in [3.8, 4) is 0 Å². The standard InChI is InChI=1S/C14H24N4.HI/c1-11-8-12(2)10-13(9-11)17-14(15)16-6-5-7-18(3)4;/h8-10H,5-7H2,1-4H3,(H3,15,16,17);1H. The zero-order valence-corrected chi connectivity index (χ0v) is 14.6. The normalized spacial score (nSPS) is 11.3. The molecule has 0 aromatic heterocycles. The summed E-state index contributed by atoms with van der Waals surface area (Å²) in [7, 11) is 4.11. The van der Waals surface area contributed by atoms with Crippen molar-refractivity contribution in [1.82, 2.24) is 4.90 Å². The largest absolute Gasteiger partial charge is 0.370 e. The highest BCUT2D eigenvalue weighted by molar-refractivity contribution is 14.0. The van der Waals surface area contributed by atoms with Crippen LogP contribution >= 0.6 is 24.0 Å². The zero-order chi connectivity index (χ0) is 13.5. The van der Waals surface area contributed by atoms with Gasteiger partial charge >= 0.3 is 0 Å². The number of hydrogen-bond donors (Lipinski definition) is 2. The van der Waals surface area contributed by atoms with Gasteiger partial charge in [0.15, 0.2) is 5.96 Å². The van der Waals surface area contributed by atoms with Crippen LogP contribution in [-0.2, 0) is 0 Å². The fraction of sp³-hybridized carbons (Fsp3) is 0.500. The Morgan fingerprint density at radius 2 is 1.79 bits per heavy atom. The molecule has 0 saturated carbocycles. The average Bonchev–Trinajstić information content (AvgIpc) is 2.22. The number of benzene rings is 1. The minimum atomic E-state index is 0. The van der Waals surface area contributed by atoms with Gasteiger partial charge in [-0.3, -0.25) is 4.99 Å². The molecule has 0 saturated heterocycles. The molecule has 1 aromatic carbocycles. The highest BCUT2D eigenvalue weighted by atomic mass is 127. The fourth-order valence-corrected chi connectivity index (χ4v) is 1.82. The number of aryl methyl sites for hydroxylation is 2. The third-order valence-electron chi connectivity index (χ3n) is 2.54. The van der Waals surface area contributed by atoms with E-state index in [0.717, 1.165) is 25.2 Å². The van der Waals surface area contributed by atoms with Crippen molar-refractivity contribution >= 4 is 35.6 Å². The molecule has 4 nitrogen and oxygen atoms in total. The van der Waals surface area contributed by atoms with Crippen LogP contribution < -0.4 is 11.1 Å². The summed E-state index contributed by atoms with van der Waals surface area (Å²) in [6, 6.07) is 6.26. The molecule has 3 N–H and O–H groups in total. The average molecular weight is 376 g/mol. The summed E-state index contributed by atoms with van der Waals surface area (Å²) in [5.74, 6) is 0.485. The van der Waals surface area contributed by atoms with Gasteiger partial charge in [0.2, 0.25) is 0 Å². The smallest absolute Gasteiger partial charge is 0.193 e. The number of halogens is 1. The summed E-state index contributed by atoms with van der Waals surface area (Å²) in [4.78, 5) is 6.45. The maximum Gasteiger partial charge on any atom is 0.193 e. The second-order valence-electron chi connectivity index (χ2n) is 4.93. The Morgan fingerprint density at radius 3 is 2.32 bits per heavy atom. The van der Waals surface area contributed by atoms with Gasteiger partial charge in [-0.2, -0.15) is 0 Å². The van der Waals surface area contributed by atoms with Crippen molar-refractivity contribution in [2.75, 3.05) is 32.5 Å². The summed E-state index contributed by atoms with van der Waals surface area (Å²) >= 11 is 0. The summed E-state index contributed by atoms with van der Waals surface area (Å²) in [5.41, 5.74) is 9.29. The van der Waals surface area contributed by atoms with Crippen molar-refractivity contribution in [3.05, 3.63) is 29.3 Å². The van der Waals surface area contributed by atoms with Crippen molar-refractivity contribution in [1.29, 1.82) is 0 Å². The van der Waals surface area contributed by atoms with Crippen molar-refractivity contribution in [3.63, 3.8) is 0 Å². The third-order valence-corrected chi connectivity index (χ3v) is 2.54. The number of hydrogen-bond acceptors (Lipinski definition) is 2. The van der Waals surface area contributed by atoms with E-state index in [-0.39, 0.29) is 24.0 Å². The molecule has 0 aliphatic rings. The second-order valence-corrected chi connectivity index (χ2v) is 4.93. The minimum Gasteiger partial charge on any atom is -0.370 e. The number of guanidine groups is 1. The Morgan fingerprint density at radius 1 is 1.21 bits per heavy atom. The van der Waals surface area contributed by atoms with Crippen LogP contribution in [0.1, 0.15) is 17.5 Å². The summed E-state index contributed by atoms with van der Waals surface area (Å²) in [5, 5.41) is 3.13. The number of nitrogens with two attached hydrogens (primary N) is 1. The molecule has 1 aromatic rings. The SMILES string of the molecule is Cc1cc(C)cc(NC(N)=NCCCN(C)C)c1.I. The Balaban J connectivity index is 0.00000324. The highest BCUT2D eigenvalue weighted by Gasteiger charge is 1.97. The van der Waals surface area contributed by atoms with Crippen LogP contribution in [0.25, 0.3) is 0 Å². The van der Waals surface area contributed by atoms with Crippen LogP contribution in [0.15, 0.2) is 23.2 Å². The predicted octanol–water partition coefficient (Wildman–Crippen LogP) is 2.60. The lowest BCUT2D eigenvalue weighted by Crippen LogP contribution is -2.23. The molecule has 0 spiro atoms. The Bertz CT molecular complexity index is 396. The van der Waals surface area contributed by atoms with E-state index in [4.69, 9.17) is 5.73 Å². The second kappa shape index (κ2) is 9.14. The van der Waals surface area contributed by atoms with E-state index in [9.17, 15) is 0 Å². The van der Waals surface area contributed by atoms with Crippen LogP contribution in [0.5, 0.6) is 0 Å². The maximum absolute atomic E-state index is 5.85. The molecule has 0 aliphatic heterocycles. The van der Waals surface area contributed by atoms with Gasteiger partial charge in [0.1, 0.15) is 0 Å². The van der Waals surface area contributed by atoms with E-state index in [1.54, 1.807) is 0 Å². The van der Waals surface area contributed by atoms with Gasteiger partial charge in [0.05, 0.1) is 0 Å². The molecule has 0 radical (unpaired) electrons. The molecular weight excluding hydrogens is 351 g/mol. The zero-order valence-electron chi connectivity index (χ0n) is 12.2. The predicted molar refractivity (Wildman–Crippen MR) is 94.6 cm³/mol. The molecule has 19 heavy (non-hydrogen) atoms. The first-order valence-electron chi connectivity index (χ1n) is 6.27. The van der Waals surface area contributed by atoms with E-state index >= 15 is 0 Å². The first-order chi connectivity index (χ1) is 8.47. The van der Waals surface area contributed by atoms with Gasteiger partial charge in [0.25, 0.3) is 0 Å². The molecule has 1 rings (SSSR count). The highest BCUT2D eigenvalue weighted by Crippen LogP contribution is 2.13. The molecule has 0 amide bonds. The summed E-state index contributed by atoms with van der Waals surface area (Å²) < 4.78 is 0. The molecule has 0 aliphatic carbocycles. The molecular formula is C14H25IN4. The van der Waals surface area contributed by atoms with E-state index in [1.807, 2.05) is 0 Å². The van der Waals surface area contributed by atoms with E-state index < -0.39 is 0 Å². The summed E-state index contributed by atoms with van der Waals surface area (Å²) in [6.07, 6.45) is 1.02. The van der Waals surface area contributed by atoms with Crippen LogP contribution in [0.4, 0.5) is 5.69 Å². The van der Waals surface area contributed by atoms with Crippen molar-refractivity contribution in [2.24, 2.45) is 10.7 Å². The summed E-state index contributed by atoms with van der Waals surface area (Å²) in [6.45, 7) is 5.92. The number of nitrogens with one attached hydrogen (secondary N) is 1. The van der Waals surface area contributed by atoms with Gasteiger partial charge in [-0.1, -0.05) is 6.07 Å². The van der Waals surface area contributed by atoms with Gasteiger partial charge < -0.3 is 16.0 Å². The van der Waals surface area contributed by atoms with Crippen molar-refractivity contribution < 1.29 is 0 Å². The van der Waals surface area contributed by atoms with Gasteiger partial charge in [-0.15, -0.1) is 24.0 Å². The number of rotatable bonds is 5. The number of nitrogens with zero attached hydrogens (tertiary/aromatic N) is 2. The van der Waals surface area contributed by atoms with Gasteiger partial charge in [-0.05, 0) is 64.2 Å². The minimum absolute atomic E-state index is 0. The quantitative estimate of drug-likeness (QED) is 0.360. The van der Waals surface area contributed by atoms with E-state index in [0.29, 0.717) is 5.96 Å². The molecule has 0 unspecified atom stereocenters. The van der Waals surface area contributed by atoms with E-state index in [2.05, 4.69) is 61.4 Å². The maximum atomic E-state index is 5.85. The lowest BCUT2D eigenvalue weighted by molar-refractivity contribution is 0.403. The first-order valence-corrected chi connectivity index (χ1v) is 6.27. The first kappa shape index (κ1) is 18.2. The van der Waals surface area contributed by atoms with Crippen LogP contribution in [0.3, 0.4) is 0 Å². The third kappa shape index (κ3) is 8.05. The van der Waals surface area contributed by atoms with Gasteiger partial charge in [-0.25, -0.2) is 0 Å². The molecule has 0 heterocycles. The number of anilines is 1. The van der Waals surface area contributed by atoms with Crippen LogP contribution in [0.2, 0.25) is 0 Å². The Hall–Kier alpha value is -0.820. The molecule has 0 fully saturated rings. The van der Waals surface area contributed by atoms with E-state index in [1.165, 1.54) is 11.1 Å². The Kier molecular flexibility index (Phi) is 8.75. The molecule has 0 atom stereocenters. The number of aliphatic imine (C=N–C) groups is 1. The molecule has 108 valence electrons.